The van der Waals surface area contributed by atoms with E-state index in [1.807, 2.05) is 32.6 Å². The van der Waals surface area contributed by atoms with Crippen LogP contribution in [0.3, 0.4) is 0 Å². The molecule has 0 spiro atoms. The average molecular weight is 629 g/mol. The number of alkyl halides is 3. The highest BCUT2D eigenvalue weighted by Crippen LogP contribution is 2.39. The van der Waals surface area contributed by atoms with Crippen molar-refractivity contribution in [2.75, 3.05) is 18.0 Å². The molecule has 2 aliphatic rings. The molecule has 44 heavy (non-hydrogen) atoms. The summed E-state index contributed by atoms with van der Waals surface area (Å²) in [5.74, 6) is 0.467. The highest BCUT2D eigenvalue weighted by atomic mass is 32.2. The number of hydrogen-bond acceptors (Lipinski definition) is 8. The normalized spacial score (nSPS) is 19.1. The third-order valence-electron chi connectivity index (χ3n) is 7.83. The Balaban J connectivity index is 1.46. The molecule has 0 N–H and O–H groups in total. The van der Waals surface area contributed by atoms with Gasteiger partial charge in [-0.1, -0.05) is 17.7 Å². The summed E-state index contributed by atoms with van der Waals surface area (Å²) in [6, 6.07) is 9.59. The maximum absolute atomic E-state index is 14.1. The van der Waals surface area contributed by atoms with E-state index in [9.17, 15) is 26.4 Å². The van der Waals surface area contributed by atoms with Crippen LogP contribution in [0.4, 0.5) is 23.8 Å². The number of benzene rings is 1. The fourth-order valence-corrected chi connectivity index (χ4v) is 7.37. The van der Waals surface area contributed by atoms with Crippen molar-refractivity contribution < 1.29 is 31.1 Å². The molecule has 0 aliphatic carbocycles. The Kier molecular flexibility index (Phi) is 7.10. The zero-order valence-electron chi connectivity index (χ0n) is 24.5. The first-order chi connectivity index (χ1) is 20.6. The first-order valence-corrected chi connectivity index (χ1v) is 15.6. The van der Waals surface area contributed by atoms with E-state index in [1.54, 1.807) is 23.1 Å². The largest absolute Gasteiger partial charge is 0.444 e. The van der Waals surface area contributed by atoms with E-state index >= 15 is 0 Å². The van der Waals surface area contributed by atoms with Crippen molar-refractivity contribution in [2.24, 2.45) is 0 Å². The van der Waals surface area contributed by atoms with Crippen LogP contribution < -0.4 is 4.90 Å². The molecule has 5 heterocycles. The molecule has 14 heteroatoms. The quantitative estimate of drug-likeness (QED) is 0.285. The summed E-state index contributed by atoms with van der Waals surface area (Å²) in [4.78, 5) is 29.2. The molecule has 232 valence electrons. The fraction of sp³-hybridized carbons (Fsp3) is 0.400. The van der Waals surface area contributed by atoms with Gasteiger partial charge in [0.1, 0.15) is 23.4 Å². The zero-order valence-corrected chi connectivity index (χ0v) is 25.4. The van der Waals surface area contributed by atoms with Crippen molar-refractivity contribution in [3.8, 4) is 11.3 Å². The van der Waals surface area contributed by atoms with Crippen LogP contribution in [0.25, 0.3) is 22.3 Å². The molecule has 4 aromatic rings. The summed E-state index contributed by atoms with van der Waals surface area (Å²) < 4.78 is 74.7. The van der Waals surface area contributed by atoms with Crippen molar-refractivity contribution in [3.63, 3.8) is 0 Å². The van der Waals surface area contributed by atoms with E-state index in [1.165, 1.54) is 24.5 Å². The Morgan fingerprint density at radius 2 is 1.61 bits per heavy atom. The van der Waals surface area contributed by atoms with E-state index < -0.39 is 27.5 Å². The van der Waals surface area contributed by atoms with Gasteiger partial charge >= 0.3 is 12.3 Å². The van der Waals surface area contributed by atoms with Gasteiger partial charge in [-0.3, -0.25) is 9.88 Å². The molecular formula is C30H31F3N6O4S. The number of carbonyl (C=O) groups excluding carboxylic acids is 1. The summed E-state index contributed by atoms with van der Waals surface area (Å²) in [7, 11) is -4.26. The lowest BCUT2D eigenvalue weighted by atomic mass is 10.1. The van der Waals surface area contributed by atoms with Gasteiger partial charge in [0.2, 0.25) is 0 Å². The van der Waals surface area contributed by atoms with Gasteiger partial charge in [-0.25, -0.2) is 27.2 Å². The second kappa shape index (κ2) is 10.5. The molecule has 1 amide bonds. The first kappa shape index (κ1) is 29.9. The van der Waals surface area contributed by atoms with Crippen molar-refractivity contribution in [2.45, 2.75) is 69.3 Å². The summed E-state index contributed by atoms with van der Waals surface area (Å²) >= 11 is 0. The predicted octanol–water partition coefficient (Wildman–Crippen LogP) is 5.65. The monoisotopic (exact) mass is 628 g/mol. The standard InChI is InChI=1S/C30H31F3N6O4S/c1-18-5-10-22(11-6-18)44(41,42)39-24(19-7-12-25(34-14-19)30(31,32)33)13-23-26(35-17-36-27(23)39)37-15-20-8-9-21(16-37)38(20)28(40)43-29(2,3)4/h5-7,10-14,17,20-21H,8-9,15-16H2,1-4H3. The van der Waals surface area contributed by atoms with Gasteiger partial charge in [-0.05, 0) is 70.9 Å². The second-order valence-electron chi connectivity index (χ2n) is 12.2. The maximum atomic E-state index is 14.1. The molecule has 2 saturated heterocycles. The van der Waals surface area contributed by atoms with Gasteiger partial charge < -0.3 is 9.64 Å². The van der Waals surface area contributed by atoms with E-state index in [2.05, 4.69) is 15.0 Å². The number of fused-ring (bicyclic) bond motifs is 3. The van der Waals surface area contributed by atoms with E-state index in [0.717, 1.165) is 34.6 Å². The summed E-state index contributed by atoms with van der Waals surface area (Å²) in [5.41, 5.74) is -0.539. The lowest BCUT2D eigenvalue weighted by Crippen LogP contribution is -2.57. The average Bonchev–Trinajstić information content (AvgIpc) is 3.47. The molecule has 2 aliphatic heterocycles. The minimum Gasteiger partial charge on any atom is -0.444 e. The van der Waals surface area contributed by atoms with Gasteiger partial charge in [0.25, 0.3) is 10.0 Å². The van der Waals surface area contributed by atoms with Gasteiger partial charge in [0.15, 0.2) is 5.65 Å². The fourth-order valence-electron chi connectivity index (χ4n) is 5.89. The highest BCUT2D eigenvalue weighted by molar-refractivity contribution is 7.90. The topological polar surface area (TPSA) is 111 Å². The Morgan fingerprint density at radius 3 is 2.18 bits per heavy atom. The third kappa shape index (κ3) is 5.35. The van der Waals surface area contributed by atoms with Crippen LogP contribution >= 0.6 is 0 Å². The Labute approximate surface area is 252 Å². The van der Waals surface area contributed by atoms with E-state index in [-0.39, 0.29) is 40.0 Å². The number of nitrogens with zero attached hydrogens (tertiary/aromatic N) is 6. The molecule has 6 rings (SSSR count). The predicted molar refractivity (Wildman–Crippen MR) is 157 cm³/mol. The summed E-state index contributed by atoms with van der Waals surface area (Å²) in [6.45, 7) is 8.17. The van der Waals surface area contributed by atoms with Crippen LogP contribution in [0, 0.1) is 6.92 Å². The number of ether oxygens (including phenoxy) is 1. The minimum absolute atomic E-state index is 0.00842. The van der Waals surface area contributed by atoms with E-state index in [4.69, 9.17) is 4.74 Å². The minimum atomic E-state index is -4.65. The number of rotatable bonds is 4. The number of piperazine rings is 1. The van der Waals surface area contributed by atoms with Gasteiger partial charge in [-0.15, -0.1) is 0 Å². The molecule has 10 nitrogen and oxygen atoms in total. The second-order valence-corrected chi connectivity index (χ2v) is 13.9. The molecule has 0 radical (unpaired) electrons. The smallest absolute Gasteiger partial charge is 0.433 e. The van der Waals surface area contributed by atoms with E-state index in [0.29, 0.717) is 24.3 Å². The van der Waals surface area contributed by atoms with Crippen LogP contribution in [-0.2, 0) is 20.9 Å². The lowest BCUT2D eigenvalue weighted by Gasteiger charge is -2.41. The van der Waals surface area contributed by atoms with Crippen molar-refractivity contribution in [3.05, 3.63) is 66.2 Å². The molecule has 1 aromatic carbocycles. The van der Waals surface area contributed by atoms with Crippen LogP contribution in [0.5, 0.6) is 0 Å². The first-order valence-electron chi connectivity index (χ1n) is 14.1. The molecule has 0 saturated carbocycles. The van der Waals surface area contributed by atoms with Gasteiger partial charge in [0.05, 0.1) is 28.1 Å². The number of halogens is 3. The number of anilines is 1. The molecule has 2 bridgehead atoms. The maximum Gasteiger partial charge on any atom is 0.433 e. The van der Waals surface area contributed by atoms with Crippen LogP contribution in [0.2, 0.25) is 0 Å². The highest BCUT2D eigenvalue weighted by Gasteiger charge is 2.45. The lowest BCUT2D eigenvalue weighted by molar-refractivity contribution is -0.141. The SMILES string of the molecule is Cc1ccc(S(=O)(=O)n2c(-c3ccc(C(F)(F)F)nc3)cc3c(N4CC5CCC(C4)N5C(=O)OC(C)(C)C)ncnc32)cc1. The molecule has 2 fully saturated rings. The Hall–Kier alpha value is -4.20. The number of hydrogen-bond donors (Lipinski definition) is 0. The summed E-state index contributed by atoms with van der Waals surface area (Å²) in [6.07, 6.45) is -1.19. The Morgan fingerprint density at radius 1 is 0.955 bits per heavy atom. The van der Waals surface area contributed by atoms with Gasteiger partial charge in [-0.2, -0.15) is 13.2 Å². The number of pyridine rings is 1. The number of aryl methyl sites for hydroxylation is 1. The number of carbonyl (C=O) groups is 1. The number of amides is 1. The van der Waals surface area contributed by atoms with Gasteiger partial charge in [0, 0.05) is 24.8 Å². The van der Waals surface area contributed by atoms with Crippen molar-refractivity contribution >= 4 is 33.0 Å². The van der Waals surface area contributed by atoms with Crippen LogP contribution in [-0.4, -0.2) is 69.1 Å². The molecular weight excluding hydrogens is 597 g/mol. The number of aromatic nitrogens is 4. The zero-order chi connectivity index (χ0) is 31.6. The van der Waals surface area contributed by atoms with Crippen molar-refractivity contribution in [1.82, 2.24) is 23.8 Å². The van der Waals surface area contributed by atoms with Crippen LogP contribution in [0.1, 0.15) is 44.9 Å². The molecule has 2 unspecified atom stereocenters. The Bertz CT molecular complexity index is 1820. The summed E-state index contributed by atoms with van der Waals surface area (Å²) in [5, 5.41) is 0.406. The third-order valence-corrected chi connectivity index (χ3v) is 9.55. The molecule has 2 atom stereocenters. The molecule has 3 aromatic heterocycles. The van der Waals surface area contributed by atoms with Crippen molar-refractivity contribution in [1.29, 1.82) is 0 Å². The van der Waals surface area contributed by atoms with Crippen LogP contribution in [0.15, 0.2) is 59.9 Å².